The summed E-state index contributed by atoms with van der Waals surface area (Å²) in [4.78, 5) is 22.4. The predicted octanol–water partition coefficient (Wildman–Crippen LogP) is 2.36. The van der Waals surface area contributed by atoms with Gasteiger partial charge in [-0.05, 0) is 11.6 Å². The summed E-state index contributed by atoms with van der Waals surface area (Å²) in [7, 11) is 1.25. The van der Waals surface area contributed by atoms with Crippen LogP contribution in [0.1, 0.15) is 12.5 Å². The van der Waals surface area contributed by atoms with E-state index in [2.05, 4.69) is 11.3 Å². The molecule has 4 heteroatoms. The van der Waals surface area contributed by atoms with Crippen molar-refractivity contribution >= 4 is 18.0 Å². The summed E-state index contributed by atoms with van der Waals surface area (Å²) >= 11 is 0. The lowest BCUT2D eigenvalue weighted by molar-refractivity contribution is -0.144. The van der Waals surface area contributed by atoms with Crippen LogP contribution in [0.15, 0.2) is 48.6 Å². The Kier molecular flexibility index (Phi) is 5.54. The van der Waals surface area contributed by atoms with Gasteiger partial charge in [0.2, 0.25) is 0 Å². The van der Waals surface area contributed by atoms with Gasteiger partial charge in [-0.25, -0.2) is 4.79 Å². The second-order valence-electron chi connectivity index (χ2n) is 3.82. The molecule has 1 aromatic carbocycles. The third kappa shape index (κ3) is 4.79. The van der Waals surface area contributed by atoms with E-state index in [1.165, 1.54) is 14.0 Å². The van der Waals surface area contributed by atoms with E-state index in [0.717, 1.165) is 5.56 Å². The highest BCUT2D eigenvalue weighted by atomic mass is 16.6. The molecule has 0 fully saturated rings. The van der Waals surface area contributed by atoms with Crippen molar-refractivity contribution in [2.45, 2.75) is 13.0 Å². The van der Waals surface area contributed by atoms with Gasteiger partial charge in [0.15, 0.2) is 6.10 Å². The van der Waals surface area contributed by atoms with E-state index in [0.29, 0.717) is 0 Å². The molecule has 1 rings (SSSR count). The highest BCUT2D eigenvalue weighted by Crippen LogP contribution is 2.11. The Balaban J connectivity index is 2.86. The molecular weight excluding hydrogens is 244 g/mol. The molecule has 0 heterocycles. The van der Waals surface area contributed by atoms with Gasteiger partial charge in [-0.1, -0.05) is 43.0 Å². The summed E-state index contributed by atoms with van der Waals surface area (Å²) in [6, 6.07) is 9.45. The minimum atomic E-state index is -0.829. The van der Waals surface area contributed by atoms with Crippen LogP contribution in [0.4, 0.5) is 0 Å². The molecule has 0 radical (unpaired) electrons. The molecule has 100 valence electrons. The molecule has 0 N–H and O–H groups in total. The number of carbonyl (C=O) groups excluding carboxylic acids is 2. The van der Waals surface area contributed by atoms with Crippen molar-refractivity contribution in [2.24, 2.45) is 0 Å². The first kappa shape index (κ1) is 14.7. The van der Waals surface area contributed by atoms with Crippen molar-refractivity contribution in [1.29, 1.82) is 0 Å². The maximum Gasteiger partial charge on any atom is 0.337 e. The fraction of sp³-hybridized carbons (Fsp3) is 0.200. The zero-order valence-electron chi connectivity index (χ0n) is 11.0. The highest BCUT2D eigenvalue weighted by molar-refractivity contribution is 5.90. The molecule has 0 aliphatic heterocycles. The van der Waals surface area contributed by atoms with Gasteiger partial charge in [-0.2, -0.15) is 0 Å². The fourth-order valence-corrected chi connectivity index (χ4v) is 1.42. The summed E-state index contributed by atoms with van der Waals surface area (Å²) in [5.74, 6) is -1.10. The van der Waals surface area contributed by atoms with E-state index in [9.17, 15) is 9.59 Å². The fourth-order valence-electron chi connectivity index (χ4n) is 1.42. The molecule has 0 aliphatic carbocycles. The maximum absolute atomic E-state index is 11.4. The first-order chi connectivity index (χ1) is 9.04. The molecule has 0 saturated carbocycles. The van der Waals surface area contributed by atoms with Gasteiger partial charge in [0.1, 0.15) is 0 Å². The zero-order valence-corrected chi connectivity index (χ0v) is 11.0. The van der Waals surface area contributed by atoms with Crippen molar-refractivity contribution in [3.8, 4) is 0 Å². The number of esters is 2. The minimum absolute atomic E-state index is 0.0740. The molecule has 4 nitrogen and oxygen atoms in total. The summed E-state index contributed by atoms with van der Waals surface area (Å²) < 4.78 is 9.59. The summed E-state index contributed by atoms with van der Waals surface area (Å²) in [5, 5.41) is 0. The van der Waals surface area contributed by atoms with Crippen LogP contribution in [0.3, 0.4) is 0 Å². The highest BCUT2D eigenvalue weighted by Gasteiger charge is 2.19. The quantitative estimate of drug-likeness (QED) is 0.602. The third-order valence-corrected chi connectivity index (χ3v) is 2.35. The Morgan fingerprint density at radius 1 is 1.26 bits per heavy atom. The smallest absolute Gasteiger partial charge is 0.337 e. The number of hydrogen-bond donors (Lipinski definition) is 0. The largest absolute Gasteiger partial charge is 0.466 e. The van der Waals surface area contributed by atoms with Gasteiger partial charge < -0.3 is 9.47 Å². The van der Waals surface area contributed by atoms with Crippen molar-refractivity contribution < 1.29 is 19.1 Å². The molecule has 1 aromatic rings. The Morgan fingerprint density at radius 2 is 1.89 bits per heavy atom. The summed E-state index contributed by atoms with van der Waals surface area (Å²) in [5.41, 5.74) is 1.00. The number of methoxy groups -OCH3 is 1. The van der Waals surface area contributed by atoms with Crippen LogP contribution in [0.2, 0.25) is 0 Å². The van der Waals surface area contributed by atoms with E-state index < -0.39 is 18.0 Å². The SMILES string of the molecule is C=C(C(=O)OC)C(C=Cc1ccccc1)OC(C)=O. The summed E-state index contributed by atoms with van der Waals surface area (Å²) in [6.45, 7) is 4.86. The Bertz CT molecular complexity index is 488. The maximum atomic E-state index is 11.4. The molecule has 0 bridgehead atoms. The average molecular weight is 260 g/mol. The number of carbonyl (C=O) groups is 2. The van der Waals surface area contributed by atoms with E-state index in [-0.39, 0.29) is 5.57 Å². The Morgan fingerprint density at radius 3 is 2.42 bits per heavy atom. The van der Waals surface area contributed by atoms with Crippen molar-refractivity contribution in [1.82, 2.24) is 0 Å². The Hall–Kier alpha value is -2.36. The molecule has 19 heavy (non-hydrogen) atoms. The lowest BCUT2D eigenvalue weighted by atomic mass is 10.1. The number of ether oxygens (including phenoxy) is 2. The molecule has 0 saturated heterocycles. The molecule has 0 aromatic heterocycles. The second kappa shape index (κ2) is 7.16. The Labute approximate surface area is 112 Å². The number of rotatable bonds is 5. The van der Waals surface area contributed by atoms with Gasteiger partial charge >= 0.3 is 11.9 Å². The molecular formula is C15H16O4. The second-order valence-corrected chi connectivity index (χ2v) is 3.82. The van der Waals surface area contributed by atoms with Crippen LogP contribution in [-0.2, 0) is 19.1 Å². The van der Waals surface area contributed by atoms with Crippen LogP contribution >= 0.6 is 0 Å². The monoisotopic (exact) mass is 260 g/mol. The lowest BCUT2D eigenvalue weighted by Crippen LogP contribution is -2.22. The number of benzene rings is 1. The lowest BCUT2D eigenvalue weighted by Gasteiger charge is -2.14. The molecule has 0 amide bonds. The zero-order chi connectivity index (χ0) is 14.3. The first-order valence-corrected chi connectivity index (χ1v) is 5.72. The van der Waals surface area contributed by atoms with Crippen molar-refractivity contribution in [3.05, 3.63) is 54.1 Å². The van der Waals surface area contributed by atoms with Gasteiger partial charge in [-0.3, -0.25) is 4.79 Å². The average Bonchev–Trinajstić information content (AvgIpc) is 2.42. The minimum Gasteiger partial charge on any atom is -0.466 e. The topological polar surface area (TPSA) is 52.6 Å². The third-order valence-electron chi connectivity index (χ3n) is 2.35. The van der Waals surface area contributed by atoms with Crippen LogP contribution in [0.25, 0.3) is 6.08 Å². The van der Waals surface area contributed by atoms with Crippen LogP contribution in [-0.4, -0.2) is 25.2 Å². The summed E-state index contributed by atoms with van der Waals surface area (Å²) in [6.07, 6.45) is 2.52. The molecule has 0 aliphatic rings. The van der Waals surface area contributed by atoms with Crippen LogP contribution in [0.5, 0.6) is 0 Å². The van der Waals surface area contributed by atoms with E-state index in [4.69, 9.17) is 4.74 Å². The van der Waals surface area contributed by atoms with Crippen LogP contribution < -0.4 is 0 Å². The number of hydrogen-bond acceptors (Lipinski definition) is 4. The molecule has 1 atom stereocenters. The molecule has 0 spiro atoms. The van der Waals surface area contributed by atoms with Gasteiger partial charge in [0.05, 0.1) is 12.7 Å². The van der Waals surface area contributed by atoms with Gasteiger partial charge in [-0.15, -0.1) is 0 Å². The van der Waals surface area contributed by atoms with Crippen molar-refractivity contribution in [2.75, 3.05) is 7.11 Å². The first-order valence-electron chi connectivity index (χ1n) is 5.72. The normalized spacial score (nSPS) is 11.9. The van der Waals surface area contributed by atoms with E-state index >= 15 is 0 Å². The van der Waals surface area contributed by atoms with Crippen molar-refractivity contribution in [3.63, 3.8) is 0 Å². The van der Waals surface area contributed by atoms with E-state index in [1.54, 1.807) is 12.2 Å². The van der Waals surface area contributed by atoms with Gasteiger partial charge in [0.25, 0.3) is 0 Å². The van der Waals surface area contributed by atoms with Gasteiger partial charge in [0, 0.05) is 6.92 Å². The van der Waals surface area contributed by atoms with Crippen LogP contribution in [0, 0.1) is 0 Å². The molecule has 1 unspecified atom stereocenters. The predicted molar refractivity (Wildman–Crippen MR) is 72.2 cm³/mol. The van der Waals surface area contributed by atoms with E-state index in [1.807, 2.05) is 30.3 Å². The standard InChI is InChI=1S/C15H16O4/c1-11(15(17)18-3)14(19-12(2)16)10-9-13-7-5-4-6-8-13/h4-10,14H,1H2,2-3H3.